The Kier molecular flexibility index (Phi) is 5.49. The lowest BCUT2D eigenvalue weighted by Gasteiger charge is -2.26. The maximum absolute atomic E-state index is 5.92. The highest BCUT2D eigenvalue weighted by molar-refractivity contribution is 4.66. The van der Waals surface area contributed by atoms with Crippen LogP contribution in [-0.2, 0) is 9.47 Å². The Balaban J connectivity index is 2.09. The predicted octanol–water partition coefficient (Wildman–Crippen LogP) is 3.15. The molecule has 1 fully saturated rings. The van der Waals surface area contributed by atoms with Crippen LogP contribution in [0.2, 0.25) is 0 Å². The summed E-state index contributed by atoms with van der Waals surface area (Å²) in [5.41, 5.74) is 0. The third-order valence-electron chi connectivity index (χ3n) is 2.64. The van der Waals surface area contributed by atoms with E-state index >= 15 is 0 Å². The van der Waals surface area contributed by atoms with E-state index in [-0.39, 0.29) is 6.10 Å². The molecule has 0 bridgehead atoms. The molecule has 0 amide bonds. The van der Waals surface area contributed by atoms with E-state index in [9.17, 15) is 0 Å². The first-order valence-corrected chi connectivity index (χ1v) is 5.95. The van der Waals surface area contributed by atoms with Crippen LogP contribution in [-0.4, -0.2) is 24.9 Å². The largest absolute Gasteiger partial charge is 0.376 e. The smallest absolute Gasteiger partial charge is 0.0784 e. The zero-order valence-electron chi connectivity index (χ0n) is 9.79. The lowest BCUT2D eigenvalue weighted by Crippen LogP contribution is -2.26. The van der Waals surface area contributed by atoms with Crippen LogP contribution in [0.4, 0.5) is 0 Å². The van der Waals surface area contributed by atoms with E-state index in [0.29, 0.717) is 12.2 Å². The van der Waals surface area contributed by atoms with Gasteiger partial charge in [0.05, 0.1) is 24.9 Å². The third-order valence-corrected chi connectivity index (χ3v) is 2.64. The van der Waals surface area contributed by atoms with E-state index in [1.165, 1.54) is 32.1 Å². The summed E-state index contributed by atoms with van der Waals surface area (Å²) < 4.78 is 11.4. The van der Waals surface area contributed by atoms with Gasteiger partial charge in [-0.05, 0) is 33.6 Å². The van der Waals surface area contributed by atoms with Crippen LogP contribution in [0.5, 0.6) is 0 Å². The fraction of sp³-hybridized carbons (Fsp3) is 1.00. The first-order chi connectivity index (χ1) is 6.68. The standard InChI is InChI=1S/C12H24O2/c1-10(2)13-9-11(3)14-12-7-5-4-6-8-12/h10-12H,4-9H2,1-3H3. The van der Waals surface area contributed by atoms with Crippen LogP contribution in [0.25, 0.3) is 0 Å². The number of rotatable bonds is 5. The van der Waals surface area contributed by atoms with Crippen LogP contribution >= 0.6 is 0 Å². The van der Waals surface area contributed by atoms with Gasteiger partial charge in [-0.15, -0.1) is 0 Å². The molecule has 0 aromatic heterocycles. The van der Waals surface area contributed by atoms with Crippen molar-refractivity contribution in [3.63, 3.8) is 0 Å². The van der Waals surface area contributed by atoms with Crippen LogP contribution in [0.15, 0.2) is 0 Å². The molecule has 0 N–H and O–H groups in total. The van der Waals surface area contributed by atoms with Crippen molar-refractivity contribution in [1.82, 2.24) is 0 Å². The van der Waals surface area contributed by atoms with E-state index < -0.39 is 0 Å². The minimum atomic E-state index is 0.250. The van der Waals surface area contributed by atoms with E-state index in [4.69, 9.17) is 9.47 Å². The quantitative estimate of drug-likeness (QED) is 0.678. The Morgan fingerprint density at radius 1 is 1.07 bits per heavy atom. The molecule has 2 heteroatoms. The molecule has 0 aromatic carbocycles. The average Bonchev–Trinajstić information content (AvgIpc) is 2.16. The fourth-order valence-electron chi connectivity index (χ4n) is 1.90. The lowest BCUT2D eigenvalue weighted by atomic mass is 9.98. The molecular weight excluding hydrogens is 176 g/mol. The van der Waals surface area contributed by atoms with Gasteiger partial charge >= 0.3 is 0 Å². The molecule has 14 heavy (non-hydrogen) atoms. The first-order valence-electron chi connectivity index (χ1n) is 5.95. The molecule has 0 aliphatic heterocycles. The third kappa shape index (κ3) is 4.97. The topological polar surface area (TPSA) is 18.5 Å². The summed E-state index contributed by atoms with van der Waals surface area (Å²) in [6, 6.07) is 0. The molecule has 1 atom stereocenters. The number of hydrogen-bond donors (Lipinski definition) is 0. The molecule has 1 aliphatic rings. The second-order valence-corrected chi connectivity index (χ2v) is 4.59. The summed E-state index contributed by atoms with van der Waals surface area (Å²) in [5.74, 6) is 0. The van der Waals surface area contributed by atoms with Crippen LogP contribution in [0, 0.1) is 0 Å². The molecule has 84 valence electrons. The summed E-state index contributed by atoms with van der Waals surface area (Å²) in [6.45, 7) is 6.96. The molecule has 0 aromatic rings. The highest BCUT2D eigenvalue weighted by Gasteiger charge is 2.16. The van der Waals surface area contributed by atoms with Crippen molar-refractivity contribution in [3.05, 3.63) is 0 Å². The average molecular weight is 200 g/mol. The SMILES string of the molecule is CC(C)OCC(C)OC1CCCCC1. The summed E-state index contributed by atoms with van der Waals surface area (Å²) in [4.78, 5) is 0. The van der Waals surface area contributed by atoms with E-state index in [1.54, 1.807) is 0 Å². The van der Waals surface area contributed by atoms with Gasteiger partial charge in [-0.25, -0.2) is 0 Å². The van der Waals surface area contributed by atoms with Crippen molar-refractivity contribution in [1.29, 1.82) is 0 Å². The van der Waals surface area contributed by atoms with E-state index in [2.05, 4.69) is 20.8 Å². The van der Waals surface area contributed by atoms with Crippen LogP contribution < -0.4 is 0 Å². The monoisotopic (exact) mass is 200 g/mol. The molecule has 0 heterocycles. The maximum Gasteiger partial charge on any atom is 0.0784 e. The predicted molar refractivity (Wildman–Crippen MR) is 58.5 cm³/mol. The number of hydrogen-bond acceptors (Lipinski definition) is 2. The zero-order chi connectivity index (χ0) is 10.4. The van der Waals surface area contributed by atoms with Crippen molar-refractivity contribution < 1.29 is 9.47 Å². The van der Waals surface area contributed by atoms with E-state index in [0.717, 1.165) is 6.61 Å². The van der Waals surface area contributed by atoms with Gasteiger partial charge in [0.2, 0.25) is 0 Å². The Morgan fingerprint density at radius 3 is 2.29 bits per heavy atom. The van der Waals surface area contributed by atoms with Crippen molar-refractivity contribution in [2.24, 2.45) is 0 Å². The van der Waals surface area contributed by atoms with Gasteiger partial charge < -0.3 is 9.47 Å². The maximum atomic E-state index is 5.92. The molecule has 1 rings (SSSR count). The highest BCUT2D eigenvalue weighted by Crippen LogP contribution is 2.21. The van der Waals surface area contributed by atoms with Gasteiger partial charge in [0.15, 0.2) is 0 Å². The normalized spacial score (nSPS) is 21.4. The Bertz CT molecular complexity index is 139. The zero-order valence-corrected chi connectivity index (χ0v) is 9.79. The minimum absolute atomic E-state index is 0.250. The van der Waals surface area contributed by atoms with Gasteiger partial charge in [-0.2, -0.15) is 0 Å². The second kappa shape index (κ2) is 6.41. The second-order valence-electron chi connectivity index (χ2n) is 4.59. The molecule has 1 saturated carbocycles. The van der Waals surface area contributed by atoms with Gasteiger partial charge in [0, 0.05) is 0 Å². The van der Waals surface area contributed by atoms with Crippen LogP contribution in [0.1, 0.15) is 52.9 Å². The number of ether oxygens (including phenoxy) is 2. The van der Waals surface area contributed by atoms with Crippen molar-refractivity contribution in [3.8, 4) is 0 Å². The highest BCUT2D eigenvalue weighted by atomic mass is 16.5. The van der Waals surface area contributed by atoms with E-state index in [1.807, 2.05) is 0 Å². The van der Waals surface area contributed by atoms with Gasteiger partial charge in [-0.3, -0.25) is 0 Å². The molecular formula is C12H24O2. The van der Waals surface area contributed by atoms with Crippen molar-refractivity contribution in [2.45, 2.75) is 71.2 Å². The molecule has 0 spiro atoms. The molecule has 0 radical (unpaired) electrons. The Hall–Kier alpha value is -0.0800. The first kappa shape index (κ1) is 12.0. The summed E-state index contributed by atoms with van der Waals surface area (Å²) in [7, 11) is 0. The lowest BCUT2D eigenvalue weighted by molar-refractivity contribution is -0.0706. The fourth-order valence-corrected chi connectivity index (χ4v) is 1.90. The van der Waals surface area contributed by atoms with Gasteiger partial charge in [0.25, 0.3) is 0 Å². The van der Waals surface area contributed by atoms with Crippen LogP contribution in [0.3, 0.4) is 0 Å². The van der Waals surface area contributed by atoms with Gasteiger partial charge in [0.1, 0.15) is 0 Å². The molecule has 1 unspecified atom stereocenters. The molecule has 2 nitrogen and oxygen atoms in total. The van der Waals surface area contributed by atoms with Gasteiger partial charge in [-0.1, -0.05) is 19.3 Å². The molecule has 1 aliphatic carbocycles. The minimum Gasteiger partial charge on any atom is -0.376 e. The van der Waals surface area contributed by atoms with Crippen molar-refractivity contribution in [2.75, 3.05) is 6.61 Å². The van der Waals surface area contributed by atoms with Crippen molar-refractivity contribution >= 4 is 0 Å². The molecule has 0 saturated heterocycles. The summed E-state index contributed by atoms with van der Waals surface area (Å²) in [5, 5.41) is 0. The summed E-state index contributed by atoms with van der Waals surface area (Å²) in [6.07, 6.45) is 7.60. The Labute approximate surface area is 88.0 Å². The Morgan fingerprint density at radius 2 is 1.71 bits per heavy atom. The summed E-state index contributed by atoms with van der Waals surface area (Å²) >= 11 is 0.